The van der Waals surface area contributed by atoms with Crippen molar-refractivity contribution in [3.63, 3.8) is 0 Å². The maximum atomic E-state index is 5.96. The van der Waals surface area contributed by atoms with Crippen LogP contribution in [0, 0.1) is 10.8 Å². The third-order valence-electron chi connectivity index (χ3n) is 3.86. The van der Waals surface area contributed by atoms with Crippen molar-refractivity contribution in [3.05, 3.63) is 11.6 Å². The van der Waals surface area contributed by atoms with Gasteiger partial charge in [-0.2, -0.15) is 0 Å². The summed E-state index contributed by atoms with van der Waals surface area (Å²) in [7, 11) is 0. The number of hydrogen-bond donors (Lipinski definition) is 1. The Balaban J connectivity index is 2.06. The van der Waals surface area contributed by atoms with Gasteiger partial charge in [0.2, 0.25) is 0 Å². The van der Waals surface area contributed by atoms with E-state index in [-0.39, 0.29) is 0 Å². The monoisotopic (exact) mass is 179 g/mol. The van der Waals surface area contributed by atoms with E-state index in [0.717, 1.165) is 0 Å². The molecule has 0 amide bonds. The normalized spacial score (nSPS) is 39.1. The van der Waals surface area contributed by atoms with Gasteiger partial charge in [-0.25, -0.2) is 0 Å². The first-order valence-electron chi connectivity index (χ1n) is 5.39. The molecule has 2 aliphatic carbocycles. The Hall–Kier alpha value is -0.300. The molecule has 0 aromatic rings. The second-order valence-corrected chi connectivity index (χ2v) is 5.86. The summed E-state index contributed by atoms with van der Waals surface area (Å²) in [5.74, 6) is 0. The van der Waals surface area contributed by atoms with Gasteiger partial charge in [0.05, 0.1) is 0 Å². The lowest BCUT2D eigenvalue weighted by molar-refractivity contribution is 0.381. The molecule has 13 heavy (non-hydrogen) atoms. The van der Waals surface area contributed by atoms with E-state index in [2.05, 4.69) is 26.8 Å². The summed E-state index contributed by atoms with van der Waals surface area (Å²) in [6.07, 6.45) is 7.56. The van der Waals surface area contributed by atoms with Gasteiger partial charge in [-0.1, -0.05) is 32.4 Å². The van der Waals surface area contributed by atoms with Crippen molar-refractivity contribution in [1.29, 1.82) is 0 Å². The van der Waals surface area contributed by atoms with Gasteiger partial charge in [0.15, 0.2) is 0 Å². The number of rotatable bonds is 0. The maximum absolute atomic E-state index is 5.96. The lowest BCUT2D eigenvalue weighted by Crippen LogP contribution is -2.20. The molecule has 0 aliphatic heterocycles. The van der Waals surface area contributed by atoms with E-state index in [0.29, 0.717) is 16.9 Å². The van der Waals surface area contributed by atoms with Crippen molar-refractivity contribution in [2.24, 2.45) is 16.6 Å². The highest BCUT2D eigenvalue weighted by Gasteiger charge is 2.51. The molecule has 0 aromatic carbocycles. The van der Waals surface area contributed by atoms with Crippen LogP contribution in [0.1, 0.15) is 46.5 Å². The van der Waals surface area contributed by atoms with Gasteiger partial charge in [0.25, 0.3) is 0 Å². The van der Waals surface area contributed by atoms with Crippen LogP contribution in [0.15, 0.2) is 11.6 Å². The lowest BCUT2D eigenvalue weighted by Gasteiger charge is -2.30. The summed E-state index contributed by atoms with van der Waals surface area (Å²) in [6.45, 7) is 6.93. The van der Waals surface area contributed by atoms with Gasteiger partial charge in [-0.15, -0.1) is 0 Å². The van der Waals surface area contributed by atoms with Gasteiger partial charge in [0, 0.05) is 6.04 Å². The Labute approximate surface area is 81.4 Å². The summed E-state index contributed by atoms with van der Waals surface area (Å²) < 4.78 is 0. The molecule has 0 aromatic heterocycles. The molecule has 2 atom stereocenters. The standard InChI is InChI=1S/C12H21N/c1-11(2,3)9-4-6-12(7-5-9)8-10(12)13/h4,10H,5-8,13H2,1-3H3. The van der Waals surface area contributed by atoms with Crippen LogP contribution in [0.5, 0.6) is 0 Å². The minimum absolute atomic E-state index is 0.376. The van der Waals surface area contributed by atoms with Crippen LogP contribution in [-0.2, 0) is 0 Å². The Morgan fingerprint density at radius 2 is 2.08 bits per heavy atom. The molecular weight excluding hydrogens is 158 g/mol. The predicted molar refractivity (Wildman–Crippen MR) is 56.4 cm³/mol. The van der Waals surface area contributed by atoms with E-state index in [1.807, 2.05) is 0 Å². The summed E-state index contributed by atoms with van der Waals surface area (Å²) in [4.78, 5) is 0. The van der Waals surface area contributed by atoms with Crippen LogP contribution >= 0.6 is 0 Å². The molecule has 1 saturated carbocycles. The Morgan fingerprint density at radius 1 is 1.46 bits per heavy atom. The average Bonchev–Trinajstić information content (AvgIpc) is 2.60. The molecule has 2 aliphatic rings. The molecule has 1 spiro atoms. The molecule has 1 heteroatoms. The molecule has 2 rings (SSSR count). The van der Waals surface area contributed by atoms with Gasteiger partial charge >= 0.3 is 0 Å². The first-order chi connectivity index (χ1) is 5.94. The lowest BCUT2D eigenvalue weighted by atomic mass is 9.76. The van der Waals surface area contributed by atoms with Gasteiger partial charge in [0.1, 0.15) is 0 Å². The summed E-state index contributed by atoms with van der Waals surface area (Å²) in [5, 5.41) is 0. The molecule has 0 bridgehead atoms. The quantitative estimate of drug-likeness (QED) is 0.568. The topological polar surface area (TPSA) is 26.0 Å². The average molecular weight is 179 g/mol. The van der Waals surface area contributed by atoms with E-state index in [9.17, 15) is 0 Å². The zero-order valence-electron chi connectivity index (χ0n) is 9.06. The second-order valence-electron chi connectivity index (χ2n) is 5.86. The minimum atomic E-state index is 0.376. The first-order valence-corrected chi connectivity index (χ1v) is 5.39. The third kappa shape index (κ3) is 1.54. The second kappa shape index (κ2) is 2.60. The van der Waals surface area contributed by atoms with Crippen molar-refractivity contribution >= 4 is 0 Å². The summed E-state index contributed by atoms with van der Waals surface area (Å²) in [6, 6.07) is 0.505. The number of nitrogens with two attached hydrogens (primary N) is 1. The Morgan fingerprint density at radius 3 is 2.38 bits per heavy atom. The molecule has 74 valence electrons. The van der Waals surface area contributed by atoms with Crippen molar-refractivity contribution in [2.75, 3.05) is 0 Å². The van der Waals surface area contributed by atoms with E-state index < -0.39 is 0 Å². The van der Waals surface area contributed by atoms with Crippen LogP contribution in [0.25, 0.3) is 0 Å². The van der Waals surface area contributed by atoms with E-state index >= 15 is 0 Å². The van der Waals surface area contributed by atoms with Crippen LogP contribution in [0.3, 0.4) is 0 Å². The third-order valence-corrected chi connectivity index (χ3v) is 3.86. The predicted octanol–water partition coefficient (Wildman–Crippen LogP) is 2.86. The molecule has 0 saturated heterocycles. The molecular formula is C12H21N. The molecule has 2 unspecified atom stereocenters. The van der Waals surface area contributed by atoms with E-state index in [4.69, 9.17) is 5.73 Å². The Bertz CT molecular complexity index is 246. The molecule has 1 nitrogen and oxygen atoms in total. The highest BCUT2D eigenvalue weighted by atomic mass is 14.8. The SMILES string of the molecule is CC(C)(C)C1=CCC2(CC1)CC2N. The van der Waals surface area contributed by atoms with Gasteiger partial charge < -0.3 is 5.73 Å². The smallest absolute Gasteiger partial charge is 0.0105 e. The van der Waals surface area contributed by atoms with E-state index in [1.165, 1.54) is 25.7 Å². The molecule has 0 heterocycles. The van der Waals surface area contributed by atoms with Crippen molar-refractivity contribution in [2.45, 2.75) is 52.5 Å². The number of hydrogen-bond acceptors (Lipinski definition) is 1. The molecule has 2 N–H and O–H groups in total. The van der Waals surface area contributed by atoms with Gasteiger partial charge in [-0.05, 0) is 36.5 Å². The van der Waals surface area contributed by atoms with Crippen LogP contribution in [0.4, 0.5) is 0 Å². The highest BCUT2D eigenvalue weighted by Crippen LogP contribution is 2.55. The zero-order chi connectivity index (χ0) is 9.69. The van der Waals surface area contributed by atoms with Gasteiger partial charge in [-0.3, -0.25) is 0 Å². The Kier molecular flexibility index (Phi) is 1.85. The van der Waals surface area contributed by atoms with Crippen LogP contribution < -0.4 is 5.73 Å². The van der Waals surface area contributed by atoms with Crippen molar-refractivity contribution in [1.82, 2.24) is 0 Å². The zero-order valence-corrected chi connectivity index (χ0v) is 9.06. The fraction of sp³-hybridized carbons (Fsp3) is 0.833. The molecule has 1 fully saturated rings. The summed E-state index contributed by atoms with van der Waals surface area (Å²) in [5.41, 5.74) is 8.51. The fourth-order valence-electron chi connectivity index (χ4n) is 2.50. The highest BCUT2D eigenvalue weighted by molar-refractivity contribution is 5.21. The van der Waals surface area contributed by atoms with Crippen LogP contribution in [-0.4, -0.2) is 6.04 Å². The molecule has 0 radical (unpaired) electrons. The number of allylic oxidation sites excluding steroid dienone is 2. The minimum Gasteiger partial charge on any atom is -0.327 e. The van der Waals surface area contributed by atoms with Crippen molar-refractivity contribution < 1.29 is 0 Å². The largest absolute Gasteiger partial charge is 0.327 e. The first kappa shape index (κ1) is 9.26. The van der Waals surface area contributed by atoms with E-state index in [1.54, 1.807) is 5.57 Å². The van der Waals surface area contributed by atoms with Crippen LogP contribution in [0.2, 0.25) is 0 Å². The van der Waals surface area contributed by atoms with Crippen molar-refractivity contribution in [3.8, 4) is 0 Å². The summed E-state index contributed by atoms with van der Waals surface area (Å²) >= 11 is 0. The fourth-order valence-corrected chi connectivity index (χ4v) is 2.50. The maximum Gasteiger partial charge on any atom is 0.0105 e.